The summed E-state index contributed by atoms with van der Waals surface area (Å²) in [5.41, 5.74) is 1.29. The number of hydrogen-bond acceptors (Lipinski definition) is 6. The van der Waals surface area contributed by atoms with E-state index in [-0.39, 0.29) is 11.5 Å². The molecule has 1 aromatic carbocycles. The lowest BCUT2D eigenvalue weighted by atomic mass is 10.3. The molecule has 0 fully saturated rings. The van der Waals surface area contributed by atoms with Crippen molar-refractivity contribution in [2.24, 2.45) is 5.14 Å². The van der Waals surface area contributed by atoms with Crippen LogP contribution in [0.1, 0.15) is 5.69 Å². The van der Waals surface area contributed by atoms with Gasteiger partial charge >= 0.3 is 0 Å². The van der Waals surface area contributed by atoms with Crippen molar-refractivity contribution in [2.45, 2.75) is 11.5 Å². The van der Waals surface area contributed by atoms with Gasteiger partial charge in [-0.3, -0.25) is 4.98 Å². The standard InChI is InChI=1S/C14H13N5O3S/c15-23(20,21)14-5-3-12(4-6-14)19-9-11(17-18-19)10-22-13-2-1-7-16-8-13/h1-9H,10H2,(H2,15,20,21). The SMILES string of the molecule is NS(=O)(=O)c1ccc(-n2cc(COc3cccnc3)nn2)cc1. The molecule has 2 heterocycles. The molecule has 0 bridgehead atoms. The van der Waals surface area contributed by atoms with Crippen LogP contribution in [0.15, 0.2) is 59.9 Å². The van der Waals surface area contributed by atoms with Gasteiger partial charge in [0, 0.05) is 6.20 Å². The van der Waals surface area contributed by atoms with Crippen molar-refractivity contribution in [3.8, 4) is 11.4 Å². The number of aromatic nitrogens is 4. The third-order valence-corrected chi connectivity index (χ3v) is 3.92. The zero-order valence-electron chi connectivity index (χ0n) is 11.9. The minimum Gasteiger partial charge on any atom is -0.486 e. The van der Waals surface area contributed by atoms with Gasteiger partial charge in [0.25, 0.3) is 0 Å². The van der Waals surface area contributed by atoms with Crippen molar-refractivity contribution >= 4 is 10.0 Å². The van der Waals surface area contributed by atoms with E-state index in [0.717, 1.165) is 0 Å². The maximum Gasteiger partial charge on any atom is 0.238 e. The molecule has 0 saturated carbocycles. The van der Waals surface area contributed by atoms with E-state index in [2.05, 4.69) is 15.3 Å². The minimum absolute atomic E-state index is 0.0431. The van der Waals surface area contributed by atoms with Crippen LogP contribution in [0.3, 0.4) is 0 Å². The van der Waals surface area contributed by atoms with E-state index in [4.69, 9.17) is 9.88 Å². The average molecular weight is 331 g/mol. The summed E-state index contributed by atoms with van der Waals surface area (Å²) >= 11 is 0. The molecule has 9 heteroatoms. The first kappa shape index (κ1) is 15.1. The van der Waals surface area contributed by atoms with E-state index in [1.165, 1.54) is 16.8 Å². The molecule has 2 aromatic heterocycles. The van der Waals surface area contributed by atoms with E-state index in [1.54, 1.807) is 42.9 Å². The first-order chi connectivity index (χ1) is 11.0. The molecule has 118 valence electrons. The number of nitrogens with zero attached hydrogens (tertiary/aromatic N) is 4. The molecule has 0 spiro atoms. The van der Waals surface area contributed by atoms with Gasteiger partial charge in [0.15, 0.2) is 0 Å². The van der Waals surface area contributed by atoms with Gasteiger partial charge in [-0.1, -0.05) is 5.21 Å². The van der Waals surface area contributed by atoms with E-state index >= 15 is 0 Å². The van der Waals surface area contributed by atoms with Crippen LogP contribution in [0.4, 0.5) is 0 Å². The molecule has 3 aromatic rings. The Bertz CT molecular complexity index is 892. The summed E-state index contributed by atoms with van der Waals surface area (Å²) in [5.74, 6) is 0.638. The van der Waals surface area contributed by atoms with Crippen molar-refractivity contribution in [2.75, 3.05) is 0 Å². The Hall–Kier alpha value is -2.78. The number of primary sulfonamides is 1. The van der Waals surface area contributed by atoms with Gasteiger partial charge in [0.1, 0.15) is 18.1 Å². The van der Waals surface area contributed by atoms with Gasteiger partial charge in [0.05, 0.1) is 23.0 Å². The number of pyridine rings is 1. The Kier molecular flexibility index (Phi) is 4.04. The second-order valence-corrected chi connectivity index (χ2v) is 6.23. The van der Waals surface area contributed by atoms with Crippen molar-refractivity contribution < 1.29 is 13.2 Å². The first-order valence-corrected chi connectivity index (χ1v) is 8.14. The van der Waals surface area contributed by atoms with Gasteiger partial charge in [-0.25, -0.2) is 18.2 Å². The van der Waals surface area contributed by atoms with E-state index < -0.39 is 10.0 Å². The summed E-state index contributed by atoms with van der Waals surface area (Å²) in [5, 5.41) is 13.0. The van der Waals surface area contributed by atoms with Crippen LogP contribution in [0, 0.1) is 0 Å². The van der Waals surface area contributed by atoms with Crippen LogP contribution in [-0.2, 0) is 16.6 Å². The summed E-state index contributed by atoms with van der Waals surface area (Å²) in [6, 6.07) is 9.60. The van der Waals surface area contributed by atoms with E-state index in [9.17, 15) is 8.42 Å². The Labute approximate surface area is 132 Å². The molecule has 0 unspecified atom stereocenters. The van der Waals surface area contributed by atoms with Crippen molar-refractivity contribution in [1.82, 2.24) is 20.0 Å². The molecule has 0 aliphatic carbocycles. The monoisotopic (exact) mass is 331 g/mol. The molecule has 0 radical (unpaired) electrons. The number of sulfonamides is 1. The fourth-order valence-electron chi connectivity index (χ4n) is 1.87. The van der Waals surface area contributed by atoms with Gasteiger partial charge < -0.3 is 4.74 Å². The second kappa shape index (κ2) is 6.15. The quantitative estimate of drug-likeness (QED) is 0.743. The van der Waals surface area contributed by atoms with Crippen LogP contribution in [0.5, 0.6) is 5.75 Å². The normalized spacial score (nSPS) is 11.3. The molecule has 3 rings (SSSR count). The van der Waals surface area contributed by atoms with Crippen LogP contribution in [0.25, 0.3) is 5.69 Å². The number of benzene rings is 1. The minimum atomic E-state index is -3.71. The predicted molar refractivity (Wildman–Crippen MR) is 81.3 cm³/mol. The molecule has 0 aliphatic rings. The first-order valence-electron chi connectivity index (χ1n) is 6.60. The topological polar surface area (TPSA) is 113 Å². The van der Waals surface area contributed by atoms with Crippen molar-refractivity contribution in [3.63, 3.8) is 0 Å². The maximum absolute atomic E-state index is 11.2. The highest BCUT2D eigenvalue weighted by molar-refractivity contribution is 7.89. The molecule has 23 heavy (non-hydrogen) atoms. The molecule has 0 aliphatic heterocycles. The van der Waals surface area contributed by atoms with Crippen molar-refractivity contribution in [3.05, 3.63) is 60.7 Å². The molecule has 0 saturated heterocycles. The zero-order valence-corrected chi connectivity index (χ0v) is 12.7. The van der Waals surface area contributed by atoms with Gasteiger partial charge in [-0.05, 0) is 36.4 Å². The lowest BCUT2D eigenvalue weighted by Gasteiger charge is -2.02. The van der Waals surface area contributed by atoms with Crippen molar-refractivity contribution in [1.29, 1.82) is 0 Å². The smallest absolute Gasteiger partial charge is 0.238 e. The molecular formula is C14H13N5O3S. The largest absolute Gasteiger partial charge is 0.486 e. The Morgan fingerprint density at radius 2 is 1.96 bits per heavy atom. The van der Waals surface area contributed by atoms with Gasteiger partial charge in [-0.2, -0.15) is 0 Å². The van der Waals surface area contributed by atoms with E-state index in [0.29, 0.717) is 17.1 Å². The summed E-state index contributed by atoms with van der Waals surface area (Å²) in [4.78, 5) is 4.00. The summed E-state index contributed by atoms with van der Waals surface area (Å²) < 4.78 is 29.5. The third-order valence-electron chi connectivity index (χ3n) is 2.99. The van der Waals surface area contributed by atoms with Gasteiger partial charge in [-0.15, -0.1) is 5.10 Å². The Morgan fingerprint density at radius 3 is 2.61 bits per heavy atom. The number of hydrogen-bond donors (Lipinski definition) is 1. The Balaban J connectivity index is 1.71. The highest BCUT2D eigenvalue weighted by Crippen LogP contribution is 2.13. The predicted octanol–water partition coefficient (Wildman–Crippen LogP) is 0.889. The summed E-state index contributed by atoms with van der Waals surface area (Å²) in [6.45, 7) is 0.251. The number of rotatable bonds is 5. The van der Waals surface area contributed by atoms with E-state index in [1.807, 2.05) is 0 Å². The molecule has 0 atom stereocenters. The lowest BCUT2D eigenvalue weighted by molar-refractivity contribution is 0.300. The Morgan fingerprint density at radius 1 is 1.17 bits per heavy atom. The molecular weight excluding hydrogens is 318 g/mol. The van der Waals surface area contributed by atoms with Crippen LogP contribution < -0.4 is 9.88 Å². The highest BCUT2D eigenvalue weighted by atomic mass is 32.2. The molecule has 8 nitrogen and oxygen atoms in total. The summed E-state index contributed by atoms with van der Waals surface area (Å²) in [6.07, 6.45) is 4.97. The molecule has 2 N–H and O–H groups in total. The van der Waals surface area contributed by atoms with Gasteiger partial charge in [0.2, 0.25) is 10.0 Å². The molecule has 0 amide bonds. The van der Waals surface area contributed by atoms with Crippen LogP contribution in [0.2, 0.25) is 0 Å². The number of ether oxygens (including phenoxy) is 1. The number of nitrogens with two attached hydrogens (primary N) is 1. The third kappa shape index (κ3) is 3.71. The second-order valence-electron chi connectivity index (χ2n) is 4.67. The maximum atomic E-state index is 11.2. The summed E-state index contributed by atoms with van der Waals surface area (Å²) in [7, 11) is -3.71. The zero-order chi connectivity index (χ0) is 16.3. The highest BCUT2D eigenvalue weighted by Gasteiger charge is 2.08. The average Bonchev–Trinajstić information content (AvgIpc) is 3.02. The van der Waals surface area contributed by atoms with Crippen LogP contribution in [-0.4, -0.2) is 28.4 Å². The fraction of sp³-hybridized carbons (Fsp3) is 0.0714. The fourth-order valence-corrected chi connectivity index (χ4v) is 2.38. The lowest BCUT2D eigenvalue weighted by Crippen LogP contribution is -2.12. The van der Waals surface area contributed by atoms with Crippen LogP contribution >= 0.6 is 0 Å².